The van der Waals surface area contributed by atoms with Crippen molar-refractivity contribution in [2.75, 3.05) is 6.61 Å². The highest BCUT2D eigenvalue weighted by Crippen LogP contribution is 2.19. The molecule has 0 aliphatic carbocycles. The van der Waals surface area contributed by atoms with Crippen molar-refractivity contribution in [3.8, 4) is 0 Å². The maximum atomic E-state index is 11.5. The summed E-state index contributed by atoms with van der Waals surface area (Å²) in [4.78, 5) is 11.5. The summed E-state index contributed by atoms with van der Waals surface area (Å²) < 4.78 is 4.94. The molecule has 0 aliphatic rings. The Morgan fingerprint density at radius 1 is 1.15 bits per heavy atom. The number of alkyl carbamates (subject to hydrolysis) is 1. The van der Waals surface area contributed by atoms with Crippen LogP contribution in [0.3, 0.4) is 0 Å². The van der Waals surface area contributed by atoms with Crippen molar-refractivity contribution in [2.45, 2.75) is 32.7 Å². The first kappa shape index (κ1) is 14.4. The average molecular weight is 271 g/mol. The zero-order valence-corrected chi connectivity index (χ0v) is 12.3. The van der Waals surface area contributed by atoms with Crippen molar-refractivity contribution in [3.63, 3.8) is 0 Å². The number of nitrogens with one attached hydrogen (secondary N) is 1. The van der Waals surface area contributed by atoms with Gasteiger partial charge in [-0.2, -0.15) is 0 Å². The van der Waals surface area contributed by atoms with Gasteiger partial charge in [-0.25, -0.2) is 4.79 Å². The Kier molecular flexibility index (Phi) is 4.28. The molecule has 0 saturated carbocycles. The van der Waals surface area contributed by atoms with Crippen molar-refractivity contribution in [2.24, 2.45) is 0 Å². The number of fused-ring (bicyclic) bond motifs is 1. The van der Waals surface area contributed by atoms with Crippen LogP contribution in [0.25, 0.3) is 10.8 Å². The Balaban J connectivity index is 2.12. The summed E-state index contributed by atoms with van der Waals surface area (Å²) in [5.74, 6) is 0. The van der Waals surface area contributed by atoms with E-state index in [1.807, 2.05) is 26.0 Å². The van der Waals surface area contributed by atoms with Gasteiger partial charge < -0.3 is 10.1 Å². The Labute approximate surface area is 119 Å². The molecule has 2 aromatic rings. The van der Waals surface area contributed by atoms with E-state index in [0.29, 0.717) is 6.61 Å². The molecule has 106 valence electrons. The molecule has 20 heavy (non-hydrogen) atoms. The van der Waals surface area contributed by atoms with E-state index >= 15 is 0 Å². The highest BCUT2D eigenvalue weighted by Gasteiger charge is 2.21. The maximum Gasteiger partial charge on any atom is 0.407 e. The van der Waals surface area contributed by atoms with Crippen molar-refractivity contribution in [3.05, 3.63) is 48.0 Å². The topological polar surface area (TPSA) is 38.3 Å². The van der Waals surface area contributed by atoms with Crippen LogP contribution in [0.5, 0.6) is 0 Å². The molecule has 0 heterocycles. The van der Waals surface area contributed by atoms with Gasteiger partial charge in [-0.3, -0.25) is 0 Å². The Morgan fingerprint density at radius 2 is 1.85 bits per heavy atom. The second-order valence-corrected chi connectivity index (χ2v) is 5.59. The van der Waals surface area contributed by atoms with Crippen LogP contribution >= 0.6 is 0 Å². The van der Waals surface area contributed by atoms with E-state index in [2.05, 4.69) is 35.6 Å². The van der Waals surface area contributed by atoms with Gasteiger partial charge in [0.25, 0.3) is 0 Å². The van der Waals surface area contributed by atoms with Gasteiger partial charge in [0.15, 0.2) is 0 Å². The Hall–Kier alpha value is -2.03. The van der Waals surface area contributed by atoms with Crippen molar-refractivity contribution >= 4 is 16.9 Å². The van der Waals surface area contributed by atoms with Crippen LogP contribution in [-0.4, -0.2) is 18.2 Å². The average Bonchev–Trinajstić information content (AvgIpc) is 2.37. The van der Waals surface area contributed by atoms with Crippen molar-refractivity contribution < 1.29 is 9.53 Å². The highest BCUT2D eigenvalue weighted by molar-refractivity contribution is 5.83. The van der Waals surface area contributed by atoms with Crippen LogP contribution in [0.15, 0.2) is 42.5 Å². The lowest BCUT2D eigenvalue weighted by molar-refractivity contribution is 0.141. The molecule has 0 saturated heterocycles. The molecule has 0 unspecified atom stereocenters. The number of rotatable bonds is 4. The van der Waals surface area contributed by atoms with Crippen LogP contribution in [0.4, 0.5) is 4.79 Å². The van der Waals surface area contributed by atoms with Crippen LogP contribution in [0, 0.1) is 0 Å². The lowest BCUT2D eigenvalue weighted by atomic mass is 9.93. The molecule has 0 fully saturated rings. The molecule has 0 bridgehead atoms. The number of hydrogen-bond donors (Lipinski definition) is 1. The molecule has 3 nitrogen and oxygen atoms in total. The first-order valence-corrected chi connectivity index (χ1v) is 6.93. The molecule has 1 amide bonds. The summed E-state index contributed by atoms with van der Waals surface area (Å²) in [6, 6.07) is 14.7. The van der Waals surface area contributed by atoms with Crippen LogP contribution in [0.2, 0.25) is 0 Å². The van der Waals surface area contributed by atoms with Gasteiger partial charge in [0.1, 0.15) is 0 Å². The first-order chi connectivity index (χ1) is 9.50. The third kappa shape index (κ3) is 3.73. The van der Waals surface area contributed by atoms with Gasteiger partial charge in [-0.15, -0.1) is 0 Å². The summed E-state index contributed by atoms with van der Waals surface area (Å²) in [5, 5.41) is 5.34. The van der Waals surface area contributed by atoms with E-state index in [1.54, 1.807) is 6.92 Å². The van der Waals surface area contributed by atoms with Gasteiger partial charge in [0, 0.05) is 5.54 Å². The third-order valence-corrected chi connectivity index (χ3v) is 3.18. The minimum atomic E-state index is -0.363. The van der Waals surface area contributed by atoms with Gasteiger partial charge in [0.2, 0.25) is 0 Å². The van der Waals surface area contributed by atoms with Crippen LogP contribution < -0.4 is 5.32 Å². The fourth-order valence-electron chi connectivity index (χ4n) is 2.35. The van der Waals surface area contributed by atoms with Crippen molar-refractivity contribution in [1.29, 1.82) is 0 Å². The molecule has 0 aliphatic heterocycles. The monoisotopic (exact) mass is 271 g/mol. The Morgan fingerprint density at radius 3 is 2.55 bits per heavy atom. The zero-order valence-electron chi connectivity index (χ0n) is 12.3. The van der Waals surface area contributed by atoms with E-state index in [0.717, 1.165) is 6.42 Å². The fraction of sp³-hybridized carbons (Fsp3) is 0.353. The molecule has 3 heteroatoms. The molecule has 2 rings (SSSR count). The molecule has 1 N–H and O–H groups in total. The second-order valence-electron chi connectivity index (χ2n) is 5.59. The fourth-order valence-corrected chi connectivity index (χ4v) is 2.35. The largest absolute Gasteiger partial charge is 0.450 e. The quantitative estimate of drug-likeness (QED) is 0.915. The molecular formula is C17H21NO2. The van der Waals surface area contributed by atoms with E-state index in [9.17, 15) is 4.79 Å². The molecule has 0 atom stereocenters. The number of carbonyl (C=O) groups excluding carboxylic acids is 1. The number of carbonyl (C=O) groups is 1. The van der Waals surface area contributed by atoms with E-state index in [-0.39, 0.29) is 11.6 Å². The highest BCUT2D eigenvalue weighted by atomic mass is 16.5. The third-order valence-electron chi connectivity index (χ3n) is 3.18. The molecule has 0 radical (unpaired) electrons. The molecule has 0 spiro atoms. The minimum absolute atomic E-state index is 0.339. The molecule has 2 aromatic carbocycles. The summed E-state index contributed by atoms with van der Waals surface area (Å²) in [7, 11) is 0. The number of benzene rings is 2. The first-order valence-electron chi connectivity index (χ1n) is 6.93. The number of hydrogen-bond acceptors (Lipinski definition) is 2. The smallest absolute Gasteiger partial charge is 0.407 e. The number of ether oxygens (including phenoxy) is 1. The molecular weight excluding hydrogens is 250 g/mol. The van der Waals surface area contributed by atoms with Crippen LogP contribution in [-0.2, 0) is 11.2 Å². The molecule has 0 aromatic heterocycles. The number of amides is 1. The van der Waals surface area contributed by atoms with Gasteiger partial charge in [-0.05, 0) is 43.5 Å². The summed E-state index contributed by atoms with van der Waals surface area (Å²) in [6.07, 6.45) is 0.398. The lowest BCUT2D eigenvalue weighted by Crippen LogP contribution is -2.45. The van der Waals surface area contributed by atoms with E-state index < -0.39 is 0 Å². The summed E-state index contributed by atoms with van der Waals surface area (Å²) >= 11 is 0. The normalized spacial score (nSPS) is 11.3. The maximum absolute atomic E-state index is 11.5. The SMILES string of the molecule is CCOC(=O)NC(C)(C)Cc1ccc2ccccc2c1. The van der Waals surface area contributed by atoms with E-state index in [1.165, 1.54) is 16.3 Å². The zero-order chi connectivity index (χ0) is 14.6. The lowest BCUT2D eigenvalue weighted by Gasteiger charge is -2.26. The predicted octanol–water partition coefficient (Wildman–Crippen LogP) is 3.91. The summed E-state index contributed by atoms with van der Waals surface area (Å²) in [6.45, 7) is 6.19. The Bertz CT molecular complexity index is 605. The minimum Gasteiger partial charge on any atom is -0.450 e. The van der Waals surface area contributed by atoms with E-state index in [4.69, 9.17) is 4.74 Å². The standard InChI is InChI=1S/C17H21NO2/c1-4-20-16(19)18-17(2,3)12-13-9-10-14-7-5-6-8-15(14)11-13/h5-11H,4,12H2,1-3H3,(H,18,19). The van der Waals surface area contributed by atoms with Gasteiger partial charge in [0.05, 0.1) is 6.61 Å². The predicted molar refractivity (Wildman–Crippen MR) is 81.9 cm³/mol. The second kappa shape index (κ2) is 5.95. The van der Waals surface area contributed by atoms with Crippen molar-refractivity contribution in [1.82, 2.24) is 5.32 Å². The van der Waals surface area contributed by atoms with Gasteiger partial charge >= 0.3 is 6.09 Å². The van der Waals surface area contributed by atoms with Crippen LogP contribution in [0.1, 0.15) is 26.3 Å². The van der Waals surface area contributed by atoms with Gasteiger partial charge in [-0.1, -0.05) is 42.5 Å². The summed E-state index contributed by atoms with van der Waals surface area (Å²) in [5.41, 5.74) is 0.861.